The summed E-state index contributed by atoms with van der Waals surface area (Å²) in [5.41, 5.74) is 6.08. The first-order valence-corrected chi connectivity index (χ1v) is 9.19. The van der Waals surface area contributed by atoms with Gasteiger partial charge in [0.05, 0.1) is 4.88 Å². The predicted octanol–water partition coefficient (Wildman–Crippen LogP) is 2.76. The topological polar surface area (TPSA) is 126 Å². The van der Waals surface area contributed by atoms with E-state index in [1.807, 2.05) is 0 Å². The van der Waals surface area contributed by atoms with Gasteiger partial charge in [-0.1, -0.05) is 29.5 Å². The lowest BCUT2D eigenvalue weighted by molar-refractivity contribution is -0.138. The van der Waals surface area contributed by atoms with E-state index in [0.717, 1.165) is 0 Å². The lowest BCUT2D eigenvalue weighted by Gasteiger charge is -2.11. The monoisotopic (exact) mass is 422 g/mol. The molecular weight excluding hydrogens is 406 g/mol. The second kappa shape index (κ2) is 8.41. The highest BCUT2D eigenvalue weighted by atomic mass is 32.1. The van der Waals surface area contributed by atoms with Crippen molar-refractivity contribution in [2.24, 2.45) is 5.73 Å². The van der Waals surface area contributed by atoms with Crippen molar-refractivity contribution in [3.8, 4) is 17.4 Å². The van der Waals surface area contributed by atoms with E-state index >= 15 is 0 Å². The van der Waals surface area contributed by atoms with Crippen LogP contribution in [-0.2, 0) is 17.6 Å². The van der Waals surface area contributed by atoms with E-state index in [-0.39, 0.29) is 40.7 Å². The Morgan fingerprint density at radius 1 is 1.17 bits per heavy atom. The first-order valence-electron chi connectivity index (χ1n) is 8.37. The number of halogens is 2. The Kier molecular flexibility index (Phi) is 5.95. The average molecular weight is 422 g/mol. The summed E-state index contributed by atoms with van der Waals surface area (Å²) in [4.78, 5) is 23.9. The summed E-state index contributed by atoms with van der Waals surface area (Å²) in [6.07, 6.45) is -0.0395. The highest BCUT2D eigenvalue weighted by molar-refractivity contribution is 7.09. The molecule has 1 aromatic heterocycles. The summed E-state index contributed by atoms with van der Waals surface area (Å²) >= 11 is 0.711. The highest BCUT2D eigenvalue weighted by Gasteiger charge is 2.18. The number of hydrogen-bond acceptors (Lipinski definition) is 6. The molecule has 5 N–H and O–H groups in total. The SMILES string of the molecule is NC(Cc1ccc(Oc2ccc(Cc3sc(=O)[nH]c3O)c(F)c2F)cc1)C(=O)O. The molecule has 0 radical (unpaired) electrons. The van der Waals surface area contributed by atoms with E-state index in [2.05, 4.69) is 4.98 Å². The third-order valence-corrected chi connectivity index (χ3v) is 4.97. The molecule has 152 valence electrons. The van der Waals surface area contributed by atoms with E-state index in [0.29, 0.717) is 16.9 Å². The Morgan fingerprint density at radius 2 is 1.86 bits per heavy atom. The molecule has 3 rings (SSSR count). The summed E-state index contributed by atoms with van der Waals surface area (Å²) in [6.45, 7) is 0. The van der Waals surface area contributed by atoms with E-state index in [9.17, 15) is 23.5 Å². The van der Waals surface area contributed by atoms with Crippen LogP contribution in [0.4, 0.5) is 8.78 Å². The minimum absolute atomic E-state index is 0.0431. The number of hydrogen-bond donors (Lipinski definition) is 4. The number of benzene rings is 2. The van der Waals surface area contributed by atoms with Crippen LogP contribution < -0.4 is 15.3 Å². The molecular formula is C19H16F2N2O5S. The minimum atomic E-state index is -1.21. The number of aromatic nitrogens is 1. The molecule has 0 spiro atoms. The number of carboxylic acid groups (broad SMARTS) is 1. The van der Waals surface area contributed by atoms with E-state index < -0.39 is 28.5 Å². The van der Waals surface area contributed by atoms with Gasteiger partial charge in [0.15, 0.2) is 11.6 Å². The van der Waals surface area contributed by atoms with Gasteiger partial charge in [0.25, 0.3) is 0 Å². The van der Waals surface area contributed by atoms with Crippen LogP contribution in [0, 0.1) is 11.6 Å². The highest BCUT2D eigenvalue weighted by Crippen LogP contribution is 2.30. The summed E-state index contributed by atoms with van der Waals surface area (Å²) in [5.74, 6) is -3.96. The molecule has 0 bridgehead atoms. The number of carboxylic acids is 1. The summed E-state index contributed by atoms with van der Waals surface area (Å²) < 4.78 is 34.1. The third kappa shape index (κ3) is 4.79. The number of rotatable bonds is 7. The number of ether oxygens (including phenoxy) is 1. The van der Waals surface area contributed by atoms with Gasteiger partial charge in [0.1, 0.15) is 11.8 Å². The molecule has 0 saturated carbocycles. The Bertz CT molecular complexity index is 1090. The van der Waals surface area contributed by atoms with Crippen LogP contribution in [0.3, 0.4) is 0 Å². The zero-order valence-electron chi connectivity index (χ0n) is 14.8. The molecule has 29 heavy (non-hydrogen) atoms. The third-order valence-electron chi connectivity index (χ3n) is 4.10. The smallest absolute Gasteiger partial charge is 0.320 e. The Morgan fingerprint density at radius 3 is 2.45 bits per heavy atom. The van der Waals surface area contributed by atoms with Crippen molar-refractivity contribution < 1.29 is 28.5 Å². The lowest BCUT2D eigenvalue weighted by atomic mass is 10.1. The Hall–Kier alpha value is -3.24. The number of aromatic hydroxyl groups is 1. The van der Waals surface area contributed by atoms with Crippen LogP contribution in [-0.4, -0.2) is 27.2 Å². The van der Waals surface area contributed by atoms with Crippen LogP contribution in [0.2, 0.25) is 0 Å². The molecule has 0 aliphatic carbocycles. The van der Waals surface area contributed by atoms with Crippen molar-refractivity contribution in [1.82, 2.24) is 4.98 Å². The van der Waals surface area contributed by atoms with Gasteiger partial charge in [-0.05, 0) is 35.7 Å². The number of thiazole rings is 1. The lowest BCUT2D eigenvalue weighted by Crippen LogP contribution is -2.32. The van der Waals surface area contributed by atoms with Crippen LogP contribution in [0.25, 0.3) is 0 Å². The molecule has 0 saturated heterocycles. The number of nitrogens with two attached hydrogens (primary N) is 1. The molecule has 0 aliphatic heterocycles. The molecule has 3 aromatic rings. The molecule has 1 heterocycles. The van der Waals surface area contributed by atoms with Gasteiger partial charge in [-0.15, -0.1) is 0 Å². The second-order valence-electron chi connectivity index (χ2n) is 6.21. The molecule has 0 aliphatic rings. The molecule has 0 fully saturated rings. The first-order chi connectivity index (χ1) is 13.7. The number of H-pyrrole nitrogens is 1. The Labute approximate surface area is 167 Å². The van der Waals surface area contributed by atoms with Gasteiger partial charge in [-0.25, -0.2) is 4.39 Å². The maximum atomic E-state index is 14.4. The van der Waals surface area contributed by atoms with Crippen LogP contribution >= 0.6 is 11.3 Å². The van der Waals surface area contributed by atoms with Crippen molar-refractivity contribution in [2.45, 2.75) is 18.9 Å². The fourth-order valence-electron chi connectivity index (χ4n) is 2.59. The quantitative estimate of drug-likeness (QED) is 0.464. The fraction of sp³-hybridized carbons (Fsp3) is 0.158. The maximum absolute atomic E-state index is 14.4. The standard InChI is InChI=1S/C19H16F2N2O5S/c20-15-10(8-14-17(24)23-19(27)29-14)3-6-13(16(15)21)28-11-4-1-9(2-5-11)7-12(22)18(25)26/h1-6,12,24H,7-8,22H2,(H,23,27)(H,25,26). The van der Waals surface area contributed by atoms with Gasteiger partial charge >= 0.3 is 10.8 Å². The van der Waals surface area contributed by atoms with Gasteiger partial charge in [-0.2, -0.15) is 4.39 Å². The van der Waals surface area contributed by atoms with Gasteiger partial charge in [0, 0.05) is 6.42 Å². The number of nitrogens with one attached hydrogen (secondary N) is 1. The summed E-state index contributed by atoms with van der Waals surface area (Å²) in [7, 11) is 0. The number of carbonyl (C=O) groups is 1. The Balaban J connectivity index is 1.75. The maximum Gasteiger partial charge on any atom is 0.320 e. The number of aromatic amines is 1. The zero-order chi connectivity index (χ0) is 21.1. The van der Waals surface area contributed by atoms with Crippen LogP contribution in [0.5, 0.6) is 17.4 Å². The van der Waals surface area contributed by atoms with Crippen molar-refractivity contribution in [2.75, 3.05) is 0 Å². The van der Waals surface area contributed by atoms with Gasteiger partial charge < -0.3 is 20.7 Å². The molecule has 1 unspecified atom stereocenters. The second-order valence-corrected chi connectivity index (χ2v) is 7.28. The van der Waals surface area contributed by atoms with Crippen molar-refractivity contribution in [3.05, 3.63) is 73.7 Å². The van der Waals surface area contributed by atoms with Gasteiger partial charge in [0.2, 0.25) is 11.7 Å². The number of aliphatic carboxylic acids is 1. The average Bonchev–Trinajstić information content (AvgIpc) is 2.99. The van der Waals surface area contributed by atoms with Crippen LogP contribution in [0.15, 0.2) is 41.2 Å². The van der Waals surface area contributed by atoms with Crippen molar-refractivity contribution in [1.29, 1.82) is 0 Å². The zero-order valence-corrected chi connectivity index (χ0v) is 15.6. The minimum Gasteiger partial charge on any atom is -0.494 e. The van der Waals surface area contributed by atoms with E-state index in [4.69, 9.17) is 15.6 Å². The summed E-state index contributed by atoms with van der Waals surface area (Å²) in [6, 6.07) is 7.65. The predicted molar refractivity (Wildman–Crippen MR) is 102 cm³/mol. The molecule has 1 atom stereocenters. The molecule has 7 nitrogen and oxygen atoms in total. The van der Waals surface area contributed by atoms with Crippen molar-refractivity contribution in [3.63, 3.8) is 0 Å². The van der Waals surface area contributed by atoms with E-state index in [1.54, 1.807) is 12.1 Å². The summed E-state index contributed by atoms with van der Waals surface area (Å²) in [5, 5.41) is 18.4. The fourth-order valence-corrected chi connectivity index (χ4v) is 3.34. The van der Waals surface area contributed by atoms with E-state index in [1.165, 1.54) is 24.3 Å². The molecule has 10 heteroatoms. The largest absolute Gasteiger partial charge is 0.494 e. The van der Waals surface area contributed by atoms with Crippen molar-refractivity contribution >= 4 is 17.3 Å². The normalized spacial score (nSPS) is 12.0. The van der Waals surface area contributed by atoms with Gasteiger partial charge in [-0.3, -0.25) is 14.6 Å². The molecule has 0 amide bonds. The first kappa shape index (κ1) is 20.5. The molecule has 2 aromatic carbocycles. The van der Waals surface area contributed by atoms with Crippen LogP contribution in [0.1, 0.15) is 16.0 Å².